The molecule has 0 saturated heterocycles. The summed E-state index contributed by atoms with van der Waals surface area (Å²) in [4.78, 5) is 10.4. The molecule has 0 aromatic heterocycles. The molecule has 1 aromatic carbocycles. The van der Waals surface area contributed by atoms with Crippen molar-refractivity contribution in [3.63, 3.8) is 0 Å². The maximum atomic E-state index is 11.8. The van der Waals surface area contributed by atoms with Crippen LogP contribution >= 0.6 is 0 Å². The lowest BCUT2D eigenvalue weighted by molar-refractivity contribution is -0.137. The molecule has 0 aliphatic heterocycles. The van der Waals surface area contributed by atoms with E-state index in [-0.39, 0.29) is 19.4 Å². The fraction of sp³-hybridized carbons (Fsp3) is 0.417. The van der Waals surface area contributed by atoms with Crippen molar-refractivity contribution in [3.8, 4) is 5.75 Å². The molecule has 0 atom stereocenters. The van der Waals surface area contributed by atoms with Crippen LogP contribution < -0.4 is 4.74 Å². The van der Waals surface area contributed by atoms with E-state index in [1.54, 1.807) is 24.3 Å². The highest BCUT2D eigenvalue weighted by Crippen LogP contribution is 2.21. The van der Waals surface area contributed by atoms with Gasteiger partial charge in [-0.2, -0.15) is 13.2 Å². The number of aliphatic carboxylic acids is 1. The Bertz CT molecular complexity index is 385. The smallest absolute Gasteiger partial charge is 0.389 e. The van der Waals surface area contributed by atoms with E-state index in [4.69, 9.17) is 9.84 Å². The molecule has 0 unspecified atom stereocenters. The van der Waals surface area contributed by atoms with E-state index in [1.807, 2.05) is 0 Å². The maximum absolute atomic E-state index is 11.8. The number of carboxylic acids is 1. The second-order valence-electron chi connectivity index (χ2n) is 3.78. The first-order valence-corrected chi connectivity index (χ1v) is 5.37. The fourth-order valence-corrected chi connectivity index (χ4v) is 1.34. The Morgan fingerprint density at radius 1 is 1.22 bits per heavy atom. The van der Waals surface area contributed by atoms with Crippen LogP contribution in [0.15, 0.2) is 24.3 Å². The number of benzene rings is 1. The molecule has 1 rings (SSSR count). The van der Waals surface area contributed by atoms with E-state index < -0.39 is 18.6 Å². The van der Waals surface area contributed by atoms with Crippen molar-refractivity contribution in [2.45, 2.75) is 25.4 Å². The molecule has 3 nitrogen and oxygen atoms in total. The zero-order valence-corrected chi connectivity index (χ0v) is 9.54. The highest BCUT2D eigenvalue weighted by atomic mass is 19.4. The standard InChI is InChI=1S/C12H13F3O3/c13-12(14,15)6-1-7-18-10-4-2-9(3-5-10)8-11(16)17/h2-5H,1,6-8H2,(H,16,17). The molecule has 1 aromatic rings. The minimum Gasteiger partial charge on any atom is -0.494 e. The Hall–Kier alpha value is -1.72. The van der Waals surface area contributed by atoms with E-state index in [9.17, 15) is 18.0 Å². The van der Waals surface area contributed by atoms with Crippen LogP contribution in [-0.2, 0) is 11.2 Å². The molecule has 0 fully saturated rings. The van der Waals surface area contributed by atoms with E-state index >= 15 is 0 Å². The SMILES string of the molecule is O=C(O)Cc1ccc(OCCCC(F)(F)F)cc1. The number of carbonyl (C=O) groups is 1. The Morgan fingerprint density at radius 2 is 1.83 bits per heavy atom. The van der Waals surface area contributed by atoms with Gasteiger partial charge in [-0.15, -0.1) is 0 Å². The second kappa shape index (κ2) is 6.28. The summed E-state index contributed by atoms with van der Waals surface area (Å²) in [7, 11) is 0. The second-order valence-corrected chi connectivity index (χ2v) is 3.78. The Labute approximate surface area is 102 Å². The summed E-state index contributed by atoms with van der Waals surface area (Å²) in [6.45, 7) is -0.0161. The highest BCUT2D eigenvalue weighted by Gasteiger charge is 2.26. The van der Waals surface area contributed by atoms with Crippen LogP contribution in [0.2, 0.25) is 0 Å². The monoisotopic (exact) mass is 262 g/mol. The van der Waals surface area contributed by atoms with Crippen molar-refractivity contribution in [2.24, 2.45) is 0 Å². The van der Waals surface area contributed by atoms with Crippen LogP contribution in [0.1, 0.15) is 18.4 Å². The number of hydrogen-bond donors (Lipinski definition) is 1. The lowest BCUT2D eigenvalue weighted by Crippen LogP contribution is -2.09. The summed E-state index contributed by atoms with van der Waals surface area (Å²) >= 11 is 0. The molecule has 100 valence electrons. The molecule has 0 aliphatic rings. The number of carboxylic acid groups (broad SMARTS) is 1. The quantitative estimate of drug-likeness (QED) is 0.801. The zero-order valence-electron chi connectivity index (χ0n) is 9.54. The van der Waals surface area contributed by atoms with Crippen LogP contribution in [0.4, 0.5) is 13.2 Å². The normalized spacial score (nSPS) is 11.3. The van der Waals surface area contributed by atoms with Crippen molar-refractivity contribution in [2.75, 3.05) is 6.61 Å². The molecular formula is C12H13F3O3. The van der Waals surface area contributed by atoms with Crippen LogP contribution in [0.3, 0.4) is 0 Å². The van der Waals surface area contributed by atoms with Crippen LogP contribution in [-0.4, -0.2) is 23.9 Å². The van der Waals surface area contributed by atoms with Crippen molar-refractivity contribution in [1.29, 1.82) is 0 Å². The molecule has 0 saturated carbocycles. The van der Waals surface area contributed by atoms with E-state index in [2.05, 4.69) is 0 Å². The third kappa shape index (κ3) is 6.12. The molecule has 18 heavy (non-hydrogen) atoms. The number of ether oxygens (including phenoxy) is 1. The van der Waals surface area contributed by atoms with Crippen molar-refractivity contribution >= 4 is 5.97 Å². The van der Waals surface area contributed by atoms with Gasteiger partial charge < -0.3 is 9.84 Å². The summed E-state index contributed by atoms with van der Waals surface area (Å²) in [6.07, 6.45) is -5.21. The third-order valence-electron chi connectivity index (χ3n) is 2.15. The number of rotatable bonds is 6. The van der Waals surface area contributed by atoms with Gasteiger partial charge in [-0.1, -0.05) is 12.1 Å². The van der Waals surface area contributed by atoms with Gasteiger partial charge in [-0.25, -0.2) is 0 Å². The average molecular weight is 262 g/mol. The lowest BCUT2D eigenvalue weighted by Gasteiger charge is -2.08. The van der Waals surface area contributed by atoms with Gasteiger partial charge in [0.1, 0.15) is 5.75 Å². The van der Waals surface area contributed by atoms with Gasteiger partial charge in [0.25, 0.3) is 0 Å². The number of hydrogen-bond acceptors (Lipinski definition) is 2. The van der Waals surface area contributed by atoms with Gasteiger partial charge in [-0.05, 0) is 24.1 Å². The third-order valence-corrected chi connectivity index (χ3v) is 2.15. The summed E-state index contributed by atoms with van der Waals surface area (Å²) in [6, 6.07) is 6.25. The van der Waals surface area contributed by atoms with Crippen LogP contribution in [0.25, 0.3) is 0 Å². The molecule has 0 heterocycles. The van der Waals surface area contributed by atoms with E-state index in [0.29, 0.717) is 11.3 Å². The number of halogens is 3. The predicted molar refractivity (Wildman–Crippen MR) is 58.6 cm³/mol. The Morgan fingerprint density at radius 3 is 2.33 bits per heavy atom. The molecular weight excluding hydrogens is 249 g/mol. The molecule has 6 heteroatoms. The van der Waals surface area contributed by atoms with Crippen molar-refractivity contribution < 1.29 is 27.8 Å². The summed E-state index contributed by atoms with van der Waals surface area (Å²) in [5.74, 6) is -0.500. The van der Waals surface area contributed by atoms with Crippen molar-refractivity contribution in [1.82, 2.24) is 0 Å². The minimum absolute atomic E-state index is 0.0161. The first kappa shape index (κ1) is 14.3. The fourth-order valence-electron chi connectivity index (χ4n) is 1.34. The topological polar surface area (TPSA) is 46.5 Å². The van der Waals surface area contributed by atoms with E-state index in [0.717, 1.165) is 0 Å². The van der Waals surface area contributed by atoms with Crippen molar-refractivity contribution in [3.05, 3.63) is 29.8 Å². The Kier molecular flexibility index (Phi) is 5.00. The summed E-state index contributed by atoms with van der Waals surface area (Å²) in [5.41, 5.74) is 0.616. The lowest BCUT2D eigenvalue weighted by atomic mass is 10.1. The van der Waals surface area contributed by atoms with Crippen LogP contribution in [0, 0.1) is 0 Å². The van der Waals surface area contributed by atoms with Gasteiger partial charge in [-0.3, -0.25) is 4.79 Å². The highest BCUT2D eigenvalue weighted by molar-refractivity contribution is 5.70. The zero-order chi connectivity index (χ0) is 13.6. The van der Waals surface area contributed by atoms with Gasteiger partial charge in [0.2, 0.25) is 0 Å². The van der Waals surface area contributed by atoms with Gasteiger partial charge in [0.15, 0.2) is 0 Å². The first-order chi connectivity index (χ1) is 8.37. The number of alkyl halides is 3. The molecule has 0 spiro atoms. The Balaban J connectivity index is 2.33. The predicted octanol–water partition coefficient (Wildman–Crippen LogP) is 3.04. The average Bonchev–Trinajstić information content (AvgIpc) is 2.24. The molecule has 0 bridgehead atoms. The maximum Gasteiger partial charge on any atom is 0.389 e. The molecule has 0 amide bonds. The van der Waals surface area contributed by atoms with E-state index in [1.165, 1.54) is 0 Å². The molecule has 0 radical (unpaired) electrons. The molecule has 0 aliphatic carbocycles. The van der Waals surface area contributed by atoms with Gasteiger partial charge in [0, 0.05) is 6.42 Å². The van der Waals surface area contributed by atoms with Gasteiger partial charge in [0.05, 0.1) is 13.0 Å². The first-order valence-electron chi connectivity index (χ1n) is 5.37. The van der Waals surface area contributed by atoms with Gasteiger partial charge >= 0.3 is 12.1 Å². The summed E-state index contributed by atoms with van der Waals surface area (Å²) in [5, 5.41) is 8.55. The summed E-state index contributed by atoms with van der Waals surface area (Å²) < 4.78 is 40.6. The van der Waals surface area contributed by atoms with Crippen LogP contribution in [0.5, 0.6) is 5.75 Å². The molecule has 1 N–H and O–H groups in total. The minimum atomic E-state index is -4.16. The largest absolute Gasteiger partial charge is 0.494 e.